The van der Waals surface area contributed by atoms with Gasteiger partial charge in [0.15, 0.2) is 22.1 Å². The highest BCUT2D eigenvalue weighted by atomic mass is 32.1. The fourth-order valence-electron chi connectivity index (χ4n) is 4.52. The van der Waals surface area contributed by atoms with E-state index in [4.69, 9.17) is 30.3 Å². The molecular formula is C27H28N8O3S. The molecule has 0 spiro atoms. The summed E-state index contributed by atoms with van der Waals surface area (Å²) in [5.41, 5.74) is 5.16. The van der Waals surface area contributed by atoms with Crippen molar-refractivity contribution in [3.63, 3.8) is 0 Å². The molecule has 1 amide bonds. The Kier molecular flexibility index (Phi) is 7.64. The number of hydrogen-bond acceptors (Lipinski definition) is 11. The van der Waals surface area contributed by atoms with Crippen molar-refractivity contribution in [2.75, 3.05) is 37.5 Å². The molecule has 0 bridgehead atoms. The van der Waals surface area contributed by atoms with Gasteiger partial charge in [0.1, 0.15) is 5.52 Å². The molecule has 2 aromatic heterocycles. The number of anilines is 3. The molecule has 1 unspecified atom stereocenters. The summed E-state index contributed by atoms with van der Waals surface area (Å²) in [5.74, 6) is 2.18. The van der Waals surface area contributed by atoms with Crippen LogP contribution in [0.3, 0.4) is 0 Å². The first-order valence-corrected chi connectivity index (χ1v) is 13.2. The van der Waals surface area contributed by atoms with E-state index in [2.05, 4.69) is 20.5 Å². The van der Waals surface area contributed by atoms with Gasteiger partial charge in [0.05, 0.1) is 19.7 Å². The zero-order valence-corrected chi connectivity index (χ0v) is 22.3. The molecule has 11 nitrogen and oxygen atoms in total. The molecule has 5 rings (SSSR count). The Hall–Kier alpha value is -4.58. The summed E-state index contributed by atoms with van der Waals surface area (Å²) in [7, 11) is 3.18. The van der Waals surface area contributed by atoms with Crippen molar-refractivity contribution >= 4 is 57.5 Å². The lowest BCUT2D eigenvalue weighted by molar-refractivity contribution is 0.0940. The number of hydrogen-bond donors (Lipinski definition) is 4. The maximum atomic E-state index is 13.0. The second-order valence-corrected chi connectivity index (χ2v) is 9.78. The Bertz CT molecular complexity index is 1540. The van der Waals surface area contributed by atoms with E-state index in [1.807, 2.05) is 18.2 Å². The van der Waals surface area contributed by atoms with Gasteiger partial charge >= 0.3 is 0 Å². The topological polar surface area (TPSA) is 149 Å². The van der Waals surface area contributed by atoms with Crippen molar-refractivity contribution in [1.29, 1.82) is 10.8 Å². The lowest BCUT2D eigenvalue weighted by Crippen LogP contribution is -2.37. The number of carbonyl (C=O) groups excluding carboxylic acids is 1. The van der Waals surface area contributed by atoms with Crippen molar-refractivity contribution < 1.29 is 14.3 Å². The normalized spacial score (nSPS) is 14.7. The van der Waals surface area contributed by atoms with Crippen molar-refractivity contribution in [3.8, 4) is 11.5 Å². The van der Waals surface area contributed by atoms with E-state index >= 15 is 0 Å². The van der Waals surface area contributed by atoms with E-state index in [0.717, 1.165) is 22.5 Å². The van der Waals surface area contributed by atoms with Crippen molar-refractivity contribution in [2.45, 2.75) is 18.9 Å². The number of carbonyl (C=O) groups is 1. The Morgan fingerprint density at radius 1 is 1.15 bits per heavy atom. The molecule has 12 heteroatoms. The Labute approximate surface area is 229 Å². The lowest BCUT2D eigenvalue weighted by atomic mass is 10.0. The molecule has 2 aromatic carbocycles. The van der Waals surface area contributed by atoms with Gasteiger partial charge in [-0.25, -0.2) is 4.98 Å². The maximum absolute atomic E-state index is 13.0. The quantitative estimate of drug-likeness (QED) is 0.219. The summed E-state index contributed by atoms with van der Waals surface area (Å²) < 4.78 is 10.8. The van der Waals surface area contributed by atoms with E-state index in [-0.39, 0.29) is 11.9 Å². The van der Waals surface area contributed by atoms with Gasteiger partial charge in [-0.3, -0.25) is 4.79 Å². The smallest absolute Gasteiger partial charge is 0.251 e. The molecule has 1 aliphatic rings. The number of nitrogens with zero attached hydrogens (tertiary/aromatic N) is 4. The number of methoxy groups -OCH3 is 2. The average molecular weight is 545 g/mol. The summed E-state index contributed by atoms with van der Waals surface area (Å²) in [6.45, 7) is 1.25. The summed E-state index contributed by atoms with van der Waals surface area (Å²) in [5, 5.41) is 21.4. The lowest BCUT2D eigenvalue weighted by Gasteiger charge is -2.18. The predicted octanol–water partition coefficient (Wildman–Crippen LogP) is 4.05. The highest BCUT2D eigenvalue weighted by molar-refractivity contribution is 7.16. The van der Waals surface area contributed by atoms with Crippen molar-refractivity contribution in [2.24, 2.45) is 0 Å². The number of ether oxygens (including phenoxy) is 2. The molecule has 4 aromatic rings. The van der Waals surface area contributed by atoms with Gasteiger partial charge in [-0.05, 0) is 48.0 Å². The number of rotatable bonds is 10. The van der Waals surface area contributed by atoms with Crippen molar-refractivity contribution in [1.82, 2.24) is 20.3 Å². The second-order valence-electron chi connectivity index (χ2n) is 8.94. The number of benzene rings is 2. The van der Waals surface area contributed by atoms with Gasteiger partial charge in [-0.2, -0.15) is 9.97 Å². The van der Waals surface area contributed by atoms with Crippen LogP contribution in [0.25, 0.3) is 10.3 Å². The SMILES string of the molecule is COc1ccc(Nc2nc(N3CCC(NC(=O)c4ccc(CC=N)c(C=N)c4)C3)nc3scnc23)cc1OC. The van der Waals surface area contributed by atoms with Crippen LogP contribution in [0.5, 0.6) is 11.5 Å². The van der Waals surface area contributed by atoms with E-state index < -0.39 is 0 Å². The molecule has 1 atom stereocenters. The van der Waals surface area contributed by atoms with Gasteiger partial charge in [0, 0.05) is 49.1 Å². The van der Waals surface area contributed by atoms with Gasteiger partial charge in [-0.1, -0.05) is 6.07 Å². The number of aromatic nitrogens is 3. The third kappa shape index (κ3) is 5.50. The van der Waals surface area contributed by atoms with Gasteiger partial charge < -0.3 is 35.8 Å². The zero-order chi connectivity index (χ0) is 27.4. The summed E-state index contributed by atoms with van der Waals surface area (Å²) in [4.78, 5) is 29.8. The van der Waals surface area contributed by atoms with Crippen LogP contribution in [-0.2, 0) is 6.42 Å². The largest absolute Gasteiger partial charge is 0.493 e. The average Bonchev–Trinajstić information content (AvgIpc) is 3.63. The summed E-state index contributed by atoms with van der Waals surface area (Å²) in [6.07, 6.45) is 3.68. The molecule has 0 radical (unpaired) electrons. The van der Waals surface area contributed by atoms with Crippen LogP contribution in [0, 0.1) is 10.8 Å². The molecule has 200 valence electrons. The van der Waals surface area contributed by atoms with Crippen LogP contribution in [0.15, 0.2) is 41.9 Å². The van der Waals surface area contributed by atoms with E-state index in [1.165, 1.54) is 23.8 Å². The number of nitrogens with one attached hydrogen (secondary N) is 4. The van der Waals surface area contributed by atoms with E-state index in [9.17, 15) is 4.79 Å². The number of fused-ring (bicyclic) bond motifs is 1. The van der Waals surface area contributed by atoms with Crippen LogP contribution in [0.1, 0.15) is 27.9 Å². The Morgan fingerprint density at radius 3 is 2.77 bits per heavy atom. The highest BCUT2D eigenvalue weighted by Crippen LogP contribution is 2.33. The van der Waals surface area contributed by atoms with Gasteiger partial charge in [0.25, 0.3) is 5.91 Å². The molecule has 0 saturated carbocycles. The molecule has 3 heterocycles. The first-order chi connectivity index (χ1) is 19.0. The third-order valence-corrected chi connectivity index (χ3v) is 7.24. The van der Waals surface area contributed by atoms with E-state index in [0.29, 0.717) is 59.4 Å². The first-order valence-electron chi connectivity index (χ1n) is 12.3. The minimum Gasteiger partial charge on any atom is -0.493 e. The zero-order valence-electron chi connectivity index (χ0n) is 21.5. The summed E-state index contributed by atoms with van der Waals surface area (Å²) >= 11 is 1.44. The maximum Gasteiger partial charge on any atom is 0.251 e. The molecule has 0 aliphatic carbocycles. The standard InChI is InChI=1S/C27H28N8O3S/c1-37-21-6-5-19(12-22(21)38-2)31-24-23-26(39-15-30-23)34-27(33-24)35-10-8-20(14-35)32-25(36)17-4-3-16(7-9-28)18(11-17)13-29/h3-6,9,11-13,15,20,28-29H,7-8,10,14H2,1-2H3,(H,32,36)(H,31,33,34). The number of thiazole rings is 1. The molecule has 1 saturated heterocycles. The van der Waals surface area contributed by atoms with Crippen LogP contribution in [-0.4, -0.2) is 66.6 Å². The Morgan fingerprint density at radius 2 is 2.00 bits per heavy atom. The minimum atomic E-state index is -0.194. The van der Waals surface area contributed by atoms with Gasteiger partial charge in [-0.15, -0.1) is 11.3 Å². The molecular weight excluding hydrogens is 516 g/mol. The van der Waals surface area contributed by atoms with Crippen LogP contribution >= 0.6 is 11.3 Å². The molecule has 1 aliphatic heterocycles. The van der Waals surface area contributed by atoms with Crippen LogP contribution < -0.4 is 25.0 Å². The Balaban J connectivity index is 1.32. The third-order valence-electron chi connectivity index (χ3n) is 6.52. The minimum absolute atomic E-state index is 0.0785. The van der Waals surface area contributed by atoms with Gasteiger partial charge in [0.2, 0.25) is 5.95 Å². The monoisotopic (exact) mass is 544 g/mol. The fourth-order valence-corrected chi connectivity index (χ4v) is 5.18. The van der Waals surface area contributed by atoms with Crippen LogP contribution in [0.4, 0.5) is 17.5 Å². The molecule has 1 fully saturated rings. The summed E-state index contributed by atoms with van der Waals surface area (Å²) in [6, 6.07) is 10.7. The van der Waals surface area contributed by atoms with Crippen LogP contribution in [0.2, 0.25) is 0 Å². The predicted molar refractivity (Wildman–Crippen MR) is 153 cm³/mol. The molecule has 4 N–H and O–H groups in total. The van der Waals surface area contributed by atoms with Crippen molar-refractivity contribution in [3.05, 3.63) is 58.6 Å². The fraction of sp³-hybridized carbons (Fsp3) is 0.259. The first kappa shape index (κ1) is 26.0. The second kappa shape index (κ2) is 11.4. The number of amides is 1. The molecule has 39 heavy (non-hydrogen) atoms. The van der Waals surface area contributed by atoms with E-state index in [1.54, 1.807) is 37.9 Å². The highest BCUT2D eigenvalue weighted by Gasteiger charge is 2.27.